The minimum Gasteiger partial charge on any atom is -0.497 e. The average Bonchev–Trinajstić information content (AvgIpc) is 2.60. The van der Waals surface area contributed by atoms with Crippen molar-refractivity contribution >= 4 is 11.7 Å². The molecule has 0 saturated carbocycles. The summed E-state index contributed by atoms with van der Waals surface area (Å²) in [5.41, 5.74) is 3.88. The molecule has 21 heavy (non-hydrogen) atoms. The Labute approximate surface area is 123 Å². The zero-order valence-electron chi connectivity index (χ0n) is 12.3. The Hall–Kier alpha value is -2.49. The molecular formula is C17H17NO3. The first-order chi connectivity index (χ1) is 10.1. The van der Waals surface area contributed by atoms with E-state index in [1.807, 2.05) is 55.4 Å². The van der Waals surface area contributed by atoms with Crippen molar-refractivity contribution in [2.24, 2.45) is 0 Å². The maximum Gasteiger partial charge on any atom is 0.315 e. The number of rotatable bonds is 2. The van der Waals surface area contributed by atoms with Crippen LogP contribution >= 0.6 is 0 Å². The van der Waals surface area contributed by atoms with Gasteiger partial charge in [-0.1, -0.05) is 6.07 Å². The summed E-state index contributed by atoms with van der Waals surface area (Å²) in [5, 5.41) is 0. The van der Waals surface area contributed by atoms with Crippen LogP contribution in [-0.2, 0) is 11.2 Å². The van der Waals surface area contributed by atoms with Crippen molar-refractivity contribution in [1.29, 1.82) is 0 Å². The van der Waals surface area contributed by atoms with Crippen LogP contribution in [0, 0.1) is 0 Å². The smallest absolute Gasteiger partial charge is 0.315 e. The molecule has 1 aliphatic heterocycles. The van der Waals surface area contributed by atoms with Gasteiger partial charge in [-0.3, -0.25) is 4.79 Å². The summed E-state index contributed by atoms with van der Waals surface area (Å²) in [7, 11) is 5.53. The molecule has 108 valence electrons. The van der Waals surface area contributed by atoms with Crippen molar-refractivity contribution in [3.63, 3.8) is 0 Å². The summed E-state index contributed by atoms with van der Waals surface area (Å²) in [6.07, 6.45) is 0.249. The number of fused-ring (bicyclic) bond motifs is 3. The van der Waals surface area contributed by atoms with Crippen LogP contribution in [0.4, 0.5) is 5.69 Å². The van der Waals surface area contributed by atoms with Crippen LogP contribution in [0.15, 0.2) is 36.4 Å². The minimum absolute atomic E-state index is 0.249. The van der Waals surface area contributed by atoms with Crippen LogP contribution in [-0.4, -0.2) is 27.2 Å². The Bertz CT molecular complexity index is 707. The predicted octanol–water partition coefficient (Wildman–Crippen LogP) is 2.89. The Morgan fingerprint density at radius 1 is 1.10 bits per heavy atom. The number of ether oxygens (including phenoxy) is 2. The Morgan fingerprint density at radius 3 is 2.57 bits per heavy atom. The molecule has 0 bridgehead atoms. The third kappa shape index (κ3) is 2.44. The van der Waals surface area contributed by atoms with Crippen molar-refractivity contribution < 1.29 is 14.3 Å². The van der Waals surface area contributed by atoms with Gasteiger partial charge < -0.3 is 14.4 Å². The third-order valence-corrected chi connectivity index (χ3v) is 3.64. The van der Waals surface area contributed by atoms with Crippen LogP contribution in [0.5, 0.6) is 11.5 Å². The summed E-state index contributed by atoms with van der Waals surface area (Å²) >= 11 is 0. The van der Waals surface area contributed by atoms with Gasteiger partial charge >= 0.3 is 5.97 Å². The van der Waals surface area contributed by atoms with Gasteiger partial charge in [0.15, 0.2) is 0 Å². The molecule has 0 N–H and O–H groups in total. The van der Waals surface area contributed by atoms with Gasteiger partial charge in [0.1, 0.15) is 11.5 Å². The predicted molar refractivity (Wildman–Crippen MR) is 82.1 cm³/mol. The number of nitrogens with zero attached hydrogens (tertiary/aromatic N) is 1. The molecule has 0 aliphatic carbocycles. The average molecular weight is 283 g/mol. The number of anilines is 1. The van der Waals surface area contributed by atoms with Crippen molar-refractivity contribution in [3.05, 3.63) is 42.0 Å². The van der Waals surface area contributed by atoms with Gasteiger partial charge in [-0.05, 0) is 35.4 Å². The zero-order valence-corrected chi connectivity index (χ0v) is 12.3. The molecule has 0 spiro atoms. The van der Waals surface area contributed by atoms with Crippen LogP contribution in [0.1, 0.15) is 5.56 Å². The fraction of sp³-hybridized carbons (Fsp3) is 0.235. The van der Waals surface area contributed by atoms with Crippen LogP contribution in [0.25, 0.3) is 11.1 Å². The van der Waals surface area contributed by atoms with Gasteiger partial charge in [0.25, 0.3) is 0 Å². The standard InChI is InChI=1S/C17H17NO3/c1-18(2)12-4-6-15-14-7-5-13(20-3)8-11(14)9-17(19)21-16(15)10-12/h4-8,10H,9H2,1-3H3. The van der Waals surface area contributed by atoms with Crippen LogP contribution in [0.3, 0.4) is 0 Å². The van der Waals surface area contributed by atoms with E-state index < -0.39 is 0 Å². The molecule has 0 fully saturated rings. The molecule has 0 amide bonds. The lowest BCUT2D eigenvalue weighted by Gasteiger charge is -2.15. The lowest BCUT2D eigenvalue weighted by molar-refractivity contribution is -0.133. The summed E-state index contributed by atoms with van der Waals surface area (Å²) < 4.78 is 10.7. The number of hydrogen-bond donors (Lipinski definition) is 0. The molecule has 0 aromatic heterocycles. The van der Waals surface area contributed by atoms with E-state index in [2.05, 4.69) is 0 Å². The van der Waals surface area contributed by atoms with E-state index >= 15 is 0 Å². The molecule has 2 aromatic carbocycles. The maximum absolute atomic E-state index is 12.0. The first-order valence-corrected chi connectivity index (χ1v) is 6.78. The number of carbonyl (C=O) groups excluding carboxylic acids is 1. The van der Waals surface area contributed by atoms with E-state index in [0.29, 0.717) is 5.75 Å². The van der Waals surface area contributed by atoms with E-state index in [9.17, 15) is 4.79 Å². The molecule has 0 atom stereocenters. The van der Waals surface area contributed by atoms with Crippen molar-refractivity contribution in [2.75, 3.05) is 26.1 Å². The summed E-state index contributed by atoms with van der Waals surface area (Å²) in [6, 6.07) is 11.7. The second kappa shape index (κ2) is 5.13. The molecule has 4 heteroatoms. The summed E-state index contributed by atoms with van der Waals surface area (Å²) in [6.45, 7) is 0. The molecule has 1 heterocycles. The highest BCUT2D eigenvalue weighted by Gasteiger charge is 2.21. The van der Waals surface area contributed by atoms with Gasteiger partial charge in [0, 0.05) is 31.4 Å². The molecular weight excluding hydrogens is 266 g/mol. The minimum atomic E-state index is -0.251. The first-order valence-electron chi connectivity index (χ1n) is 6.78. The summed E-state index contributed by atoms with van der Waals surface area (Å²) in [5.74, 6) is 1.10. The largest absolute Gasteiger partial charge is 0.497 e. The van der Waals surface area contributed by atoms with E-state index in [-0.39, 0.29) is 12.4 Å². The molecule has 3 rings (SSSR count). The highest BCUT2D eigenvalue weighted by Crippen LogP contribution is 2.39. The normalized spacial score (nSPS) is 12.8. The van der Waals surface area contributed by atoms with E-state index in [1.165, 1.54) is 0 Å². The number of methoxy groups -OCH3 is 1. The first kappa shape index (κ1) is 13.5. The van der Waals surface area contributed by atoms with E-state index in [4.69, 9.17) is 9.47 Å². The quantitative estimate of drug-likeness (QED) is 0.627. The number of benzene rings is 2. The fourth-order valence-corrected chi connectivity index (χ4v) is 2.52. The van der Waals surface area contributed by atoms with Gasteiger partial charge in [0.05, 0.1) is 13.5 Å². The van der Waals surface area contributed by atoms with Gasteiger partial charge in [-0.25, -0.2) is 0 Å². The molecule has 0 saturated heterocycles. The van der Waals surface area contributed by atoms with Gasteiger partial charge in [0.2, 0.25) is 0 Å². The SMILES string of the molecule is COc1ccc2c(c1)CC(=O)Oc1cc(N(C)C)ccc1-2. The highest BCUT2D eigenvalue weighted by atomic mass is 16.5. The molecule has 0 unspecified atom stereocenters. The van der Waals surface area contributed by atoms with E-state index in [0.717, 1.165) is 28.1 Å². The van der Waals surface area contributed by atoms with Gasteiger partial charge in [-0.15, -0.1) is 0 Å². The molecule has 2 aromatic rings. The van der Waals surface area contributed by atoms with Gasteiger partial charge in [-0.2, -0.15) is 0 Å². The van der Waals surface area contributed by atoms with Crippen molar-refractivity contribution in [1.82, 2.24) is 0 Å². The second-order valence-corrected chi connectivity index (χ2v) is 5.25. The highest BCUT2D eigenvalue weighted by molar-refractivity contribution is 5.87. The lowest BCUT2D eigenvalue weighted by atomic mass is 9.97. The Kier molecular flexibility index (Phi) is 3.29. The monoisotopic (exact) mass is 283 g/mol. The lowest BCUT2D eigenvalue weighted by Crippen LogP contribution is -2.11. The summed E-state index contributed by atoms with van der Waals surface area (Å²) in [4.78, 5) is 14.0. The second-order valence-electron chi connectivity index (χ2n) is 5.25. The topological polar surface area (TPSA) is 38.8 Å². The van der Waals surface area contributed by atoms with Crippen molar-refractivity contribution in [2.45, 2.75) is 6.42 Å². The molecule has 4 nitrogen and oxygen atoms in total. The number of hydrogen-bond acceptors (Lipinski definition) is 4. The fourth-order valence-electron chi connectivity index (χ4n) is 2.52. The molecule has 1 aliphatic rings. The van der Waals surface area contributed by atoms with Crippen LogP contribution < -0.4 is 14.4 Å². The number of carbonyl (C=O) groups is 1. The van der Waals surface area contributed by atoms with Crippen molar-refractivity contribution in [3.8, 4) is 22.6 Å². The molecule has 0 radical (unpaired) electrons. The zero-order chi connectivity index (χ0) is 15.0. The maximum atomic E-state index is 12.0. The Morgan fingerprint density at radius 2 is 1.86 bits per heavy atom. The third-order valence-electron chi connectivity index (χ3n) is 3.64. The van der Waals surface area contributed by atoms with E-state index in [1.54, 1.807) is 7.11 Å². The number of esters is 1. The van der Waals surface area contributed by atoms with Crippen LogP contribution in [0.2, 0.25) is 0 Å². The Balaban J connectivity index is 2.18.